The Balaban J connectivity index is 3.81. The maximum Gasteiger partial charge on any atom is 0.317 e. The summed E-state index contributed by atoms with van der Waals surface area (Å²) in [5.74, 6) is -0.761. The normalized spacial score (nSPS) is 11.6. The smallest absolute Gasteiger partial charge is 0.317 e. The maximum absolute atomic E-state index is 11.7. The van der Waals surface area contributed by atoms with E-state index in [-0.39, 0.29) is 30.8 Å². The second-order valence-electron chi connectivity index (χ2n) is 4.87. The standard InChI is InChI=1S/C13H25N3O4/c1-4-14-11(17)9-16(3)13(20)15-8-7-10(2)5-6-12(18)19/h10H,4-9H2,1-3H3,(H,14,17)(H,15,20)(H,18,19). The summed E-state index contributed by atoms with van der Waals surface area (Å²) in [4.78, 5) is 34.7. The number of hydrogen-bond donors (Lipinski definition) is 3. The molecule has 3 amide bonds. The summed E-state index contributed by atoms with van der Waals surface area (Å²) in [7, 11) is 1.55. The fourth-order valence-electron chi connectivity index (χ4n) is 1.61. The van der Waals surface area contributed by atoms with Crippen LogP contribution in [0.1, 0.15) is 33.1 Å². The van der Waals surface area contributed by atoms with E-state index in [2.05, 4.69) is 10.6 Å². The molecular formula is C13H25N3O4. The van der Waals surface area contributed by atoms with Crippen molar-refractivity contribution in [2.24, 2.45) is 5.92 Å². The van der Waals surface area contributed by atoms with E-state index in [4.69, 9.17) is 5.11 Å². The Bertz CT molecular complexity index is 334. The first-order valence-electron chi connectivity index (χ1n) is 6.84. The van der Waals surface area contributed by atoms with Crippen LogP contribution in [0.25, 0.3) is 0 Å². The van der Waals surface area contributed by atoms with Gasteiger partial charge < -0.3 is 20.6 Å². The third kappa shape index (κ3) is 9.18. The second-order valence-corrected chi connectivity index (χ2v) is 4.87. The van der Waals surface area contributed by atoms with Crippen molar-refractivity contribution in [3.05, 3.63) is 0 Å². The number of carboxylic acids is 1. The molecular weight excluding hydrogens is 262 g/mol. The lowest BCUT2D eigenvalue weighted by Gasteiger charge is -2.18. The van der Waals surface area contributed by atoms with Gasteiger partial charge >= 0.3 is 12.0 Å². The lowest BCUT2D eigenvalue weighted by atomic mass is 10.0. The molecule has 0 rings (SSSR count). The van der Waals surface area contributed by atoms with Crippen molar-refractivity contribution in [2.75, 3.05) is 26.7 Å². The summed E-state index contributed by atoms with van der Waals surface area (Å²) in [6.07, 6.45) is 1.46. The summed E-state index contributed by atoms with van der Waals surface area (Å²) >= 11 is 0. The lowest BCUT2D eigenvalue weighted by Crippen LogP contribution is -2.43. The number of nitrogens with one attached hydrogen (secondary N) is 2. The van der Waals surface area contributed by atoms with Crippen molar-refractivity contribution in [3.8, 4) is 0 Å². The van der Waals surface area contributed by atoms with Gasteiger partial charge in [0.25, 0.3) is 0 Å². The van der Waals surface area contributed by atoms with Crippen LogP contribution >= 0.6 is 0 Å². The van der Waals surface area contributed by atoms with Crippen molar-refractivity contribution >= 4 is 17.9 Å². The quantitative estimate of drug-likeness (QED) is 0.580. The highest BCUT2D eigenvalue weighted by atomic mass is 16.4. The summed E-state index contributed by atoms with van der Waals surface area (Å²) < 4.78 is 0. The molecule has 7 heteroatoms. The van der Waals surface area contributed by atoms with Crippen LogP contribution in [0.2, 0.25) is 0 Å². The van der Waals surface area contributed by atoms with E-state index in [0.29, 0.717) is 25.9 Å². The third-order valence-electron chi connectivity index (χ3n) is 2.87. The van der Waals surface area contributed by atoms with Gasteiger partial charge in [-0.1, -0.05) is 6.92 Å². The third-order valence-corrected chi connectivity index (χ3v) is 2.87. The molecule has 0 bridgehead atoms. The van der Waals surface area contributed by atoms with Crippen molar-refractivity contribution in [1.82, 2.24) is 15.5 Å². The highest BCUT2D eigenvalue weighted by Gasteiger charge is 2.12. The van der Waals surface area contributed by atoms with Crippen LogP contribution in [0.15, 0.2) is 0 Å². The minimum absolute atomic E-state index is 0.0221. The van der Waals surface area contributed by atoms with Crippen molar-refractivity contribution in [3.63, 3.8) is 0 Å². The van der Waals surface area contributed by atoms with E-state index < -0.39 is 5.97 Å². The zero-order valence-corrected chi connectivity index (χ0v) is 12.4. The lowest BCUT2D eigenvalue weighted by molar-refractivity contribution is -0.137. The minimum Gasteiger partial charge on any atom is -0.481 e. The highest BCUT2D eigenvalue weighted by molar-refractivity contribution is 5.83. The van der Waals surface area contributed by atoms with Crippen LogP contribution in [-0.2, 0) is 9.59 Å². The summed E-state index contributed by atoms with van der Waals surface area (Å²) in [6.45, 7) is 4.80. The molecule has 116 valence electrons. The molecule has 0 aromatic heterocycles. The van der Waals surface area contributed by atoms with Gasteiger partial charge in [-0.25, -0.2) is 4.79 Å². The molecule has 0 saturated heterocycles. The molecule has 0 aliphatic heterocycles. The molecule has 20 heavy (non-hydrogen) atoms. The van der Waals surface area contributed by atoms with Crippen molar-refractivity contribution in [1.29, 1.82) is 0 Å². The Morgan fingerprint density at radius 3 is 2.40 bits per heavy atom. The molecule has 0 spiro atoms. The Kier molecular flexibility index (Phi) is 9.15. The zero-order valence-electron chi connectivity index (χ0n) is 12.4. The van der Waals surface area contributed by atoms with Crippen LogP contribution < -0.4 is 10.6 Å². The number of nitrogens with zero attached hydrogens (tertiary/aromatic N) is 1. The molecule has 7 nitrogen and oxygen atoms in total. The fourth-order valence-corrected chi connectivity index (χ4v) is 1.61. The predicted molar refractivity (Wildman–Crippen MR) is 75.4 cm³/mol. The van der Waals surface area contributed by atoms with Crippen molar-refractivity contribution < 1.29 is 19.5 Å². The average Bonchev–Trinajstić information content (AvgIpc) is 2.36. The number of carbonyl (C=O) groups is 3. The number of likely N-dealkylation sites (N-methyl/N-ethyl adjacent to an activating group) is 2. The fraction of sp³-hybridized carbons (Fsp3) is 0.769. The van der Waals surface area contributed by atoms with Crippen LogP contribution in [-0.4, -0.2) is 54.6 Å². The first kappa shape index (κ1) is 18.2. The number of rotatable bonds is 9. The zero-order chi connectivity index (χ0) is 15.5. The summed E-state index contributed by atoms with van der Waals surface area (Å²) in [6, 6.07) is -0.304. The minimum atomic E-state index is -0.803. The molecule has 0 saturated carbocycles. The van der Waals surface area contributed by atoms with Gasteiger partial charge in [0.1, 0.15) is 6.54 Å². The predicted octanol–water partition coefficient (Wildman–Crippen LogP) is 0.655. The molecule has 0 aromatic carbocycles. The van der Waals surface area contributed by atoms with Gasteiger partial charge in [-0.05, 0) is 25.7 Å². The average molecular weight is 287 g/mol. The number of hydrogen-bond acceptors (Lipinski definition) is 3. The highest BCUT2D eigenvalue weighted by Crippen LogP contribution is 2.09. The molecule has 0 aliphatic rings. The molecule has 0 heterocycles. The Labute approximate surface area is 119 Å². The molecule has 0 aliphatic carbocycles. The molecule has 0 radical (unpaired) electrons. The van der Waals surface area contributed by atoms with Gasteiger partial charge in [0.15, 0.2) is 0 Å². The van der Waals surface area contributed by atoms with Gasteiger partial charge in [0, 0.05) is 26.6 Å². The van der Waals surface area contributed by atoms with E-state index in [1.165, 1.54) is 4.90 Å². The summed E-state index contributed by atoms with van der Waals surface area (Å²) in [5.41, 5.74) is 0. The van der Waals surface area contributed by atoms with Crippen LogP contribution in [0.4, 0.5) is 4.79 Å². The Hall–Kier alpha value is -1.79. The van der Waals surface area contributed by atoms with E-state index in [9.17, 15) is 14.4 Å². The SMILES string of the molecule is CCNC(=O)CN(C)C(=O)NCCC(C)CCC(=O)O. The number of amides is 3. The largest absolute Gasteiger partial charge is 0.481 e. The van der Waals surface area contributed by atoms with Crippen LogP contribution in [0, 0.1) is 5.92 Å². The summed E-state index contributed by atoms with van der Waals surface area (Å²) in [5, 5.41) is 13.9. The second kappa shape index (κ2) is 10.1. The first-order chi connectivity index (χ1) is 9.36. The molecule has 1 atom stereocenters. The molecule has 1 unspecified atom stereocenters. The maximum atomic E-state index is 11.7. The van der Waals surface area contributed by atoms with Gasteiger partial charge in [-0.2, -0.15) is 0 Å². The van der Waals surface area contributed by atoms with E-state index in [0.717, 1.165) is 0 Å². The van der Waals surface area contributed by atoms with Crippen LogP contribution in [0.5, 0.6) is 0 Å². The molecule has 0 fully saturated rings. The van der Waals surface area contributed by atoms with Crippen LogP contribution in [0.3, 0.4) is 0 Å². The Morgan fingerprint density at radius 2 is 1.85 bits per heavy atom. The van der Waals surface area contributed by atoms with Gasteiger partial charge in [0.2, 0.25) is 5.91 Å². The van der Waals surface area contributed by atoms with Crippen molar-refractivity contribution in [2.45, 2.75) is 33.1 Å². The van der Waals surface area contributed by atoms with E-state index >= 15 is 0 Å². The number of carbonyl (C=O) groups excluding carboxylic acids is 2. The van der Waals surface area contributed by atoms with Gasteiger partial charge in [0.05, 0.1) is 0 Å². The van der Waals surface area contributed by atoms with E-state index in [1.807, 2.05) is 13.8 Å². The van der Waals surface area contributed by atoms with Gasteiger partial charge in [-0.3, -0.25) is 9.59 Å². The number of aliphatic carboxylic acids is 1. The Morgan fingerprint density at radius 1 is 1.20 bits per heavy atom. The van der Waals surface area contributed by atoms with E-state index in [1.54, 1.807) is 7.05 Å². The number of urea groups is 1. The van der Waals surface area contributed by atoms with Gasteiger partial charge in [-0.15, -0.1) is 0 Å². The molecule has 0 aromatic rings. The number of carboxylic acid groups (broad SMARTS) is 1. The first-order valence-corrected chi connectivity index (χ1v) is 6.84. The topological polar surface area (TPSA) is 98.7 Å². The molecule has 3 N–H and O–H groups in total. The monoisotopic (exact) mass is 287 g/mol.